The number of hydrogen-bond donors (Lipinski definition) is 3. The highest BCUT2D eigenvalue weighted by Crippen LogP contribution is 1.98. The molecule has 0 aromatic heterocycles. The molecule has 0 bridgehead atoms. The lowest BCUT2D eigenvalue weighted by atomic mass is 10.4. The predicted octanol–water partition coefficient (Wildman–Crippen LogP) is -0.280. The van der Waals surface area contributed by atoms with Crippen LogP contribution in [-0.4, -0.2) is 25.1 Å². The van der Waals surface area contributed by atoms with Crippen LogP contribution < -0.4 is 16.1 Å². The van der Waals surface area contributed by atoms with Crippen molar-refractivity contribution in [2.45, 2.75) is 0 Å². The van der Waals surface area contributed by atoms with Crippen LogP contribution in [0.2, 0.25) is 0 Å². The van der Waals surface area contributed by atoms with Crippen LogP contribution in [0.3, 0.4) is 0 Å². The molecule has 0 saturated carbocycles. The fraction of sp³-hybridized carbons (Fsp3) is 0.286. The van der Waals surface area contributed by atoms with Gasteiger partial charge in [0.15, 0.2) is 0 Å². The number of amides is 2. The van der Waals surface area contributed by atoms with Crippen molar-refractivity contribution in [2.75, 3.05) is 14.0 Å². The van der Waals surface area contributed by atoms with Crippen molar-refractivity contribution in [3.63, 3.8) is 0 Å². The predicted molar refractivity (Wildman–Crippen MR) is 45.7 cm³/mol. The van der Waals surface area contributed by atoms with Gasteiger partial charge in [0, 0.05) is 24.3 Å². The van der Waals surface area contributed by atoms with E-state index in [4.69, 9.17) is 4.11 Å². The molecule has 0 spiro atoms. The van der Waals surface area contributed by atoms with Crippen LogP contribution in [0.15, 0.2) is 24.2 Å². The number of hydrazine groups is 1. The van der Waals surface area contributed by atoms with Gasteiger partial charge in [0.1, 0.15) is 5.82 Å². The third-order valence-electron chi connectivity index (χ3n) is 1.26. The number of rotatable bonds is 1. The van der Waals surface area contributed by atoms with Gasteiger partial charge in [0.2, 0.25) is 0 Å². The summed E-state index contributed by atoms with van der Waals surface area (Å²) in [6.07, 6.45) is 4.53. The summed E-state index contributed by atoms with van der Waals surface area (Å²) in [7, 11) is 1.45. The van der Waals surface area contributed by atoms with Crippen LogP contribution in [0, 0.1) is 0 Å². The second-order valence-electron chi connectivity index (χ2n) is 2.08. The summed E-state index contributed by atoms with van der Waals surface area (Å²) in [4.78, 5) is 11.0. The monoisotopic (exact) mass is 171 g/mol. The molecule has 1 aliphatic rings. The molecule has 5 heteroatoms. The highest BCUT2D eigenvalue weighted by atomic mass is 16.2. The highest BCUT2D eigenvalue weighted by molar-refractivity contribution is 5.75. The smallest absolute Gasteiger partial charge is 0.320 e. The van der Waals surface area contributed by atoms with Crippen LogP contribution in [0.25, 0.3) is 0 Å². The zero-order valence-corrected chi connectivity index (χ0v) is 6.59. The van der Waals surface area contributed by atoms with Crippen molar-refractivity contribution in [2.24, 2.45) is 0 Å². The first-order chi connectivity index (χ1) is 6.95. The molecule has 3 N–H and O–H groups in total. The Balaban J connectivity index is 2.78. The summed E-state index contributed by atoms with van der Waals surface area (Å²) in [6, 6.07) is -0.479. The number of nitrogens with zero attached hydrogens (tertiary/aromatic N) is 1. The van der Waals surface area contributed by atoms with Gasteiger partial charge in [-0.05, 0) is 12.2 Å². The lowest BCUT2D eigenvalue weighted by Crippen LogP contribution is -2.42. The molecule has 0 aromatic rings. The van der Waals surface area contributed by atoms with Crippen molar-refractivity contribution in [3.8, 4) is 0 Å². The van der Waals surface area contributed by atoms with Crippen molar-refractivity contribution in [3.05, 3.63) is 24.2 Å². The van der Waals surface area contributed by atoms with E-state index >= 15 is 0 Å². The maximum absolute atomic E-state index is 11.0. The van der Waals surface area contributed by atoms with E-state index in [0.29, 0.717) is 0 Å². The summed E-state index contributed by atoms with van der Waals surface area (Å²) in [5, 5.41) is 5.61. The molecule has 5 nitrogen and oxygen atoms in total. The summed E-state index contributed by atoms with van der Waals surface area (Å²) in [5.41, 5.74) is 2.52. The largest absolute Gasteiger partial charge is 0.341 e. The average molecular weight is 171 g/mol. The molecule has 1 heterocycles. The van der Waals surface area contributed by atoms with E-state index in [9.17, 15) is 4.79 Å². The second kappa shape index (κ2) is 3.66. The summed E-state index contributed by atoms with van der Waals surface area (Å²) in [5.74, 6) is 0.164. The van der Waals surface area contributed by atoms with Gasteiger partial charge in [-0.3, -0.25) is 10.3 Å². The molecule has 2 amide bonds. The fourth-order valence-electron chi connectivity index (χ4n) is 0.677. The van der Waals surface area contributed by atoms with Gasteiger partial charge in [-0.25, -0.2) is 4.79 Å². The Hall–Kier alpha value is -1.65. The first-order valence-corrected chi connectivity index (χ1v) is 3.37. The van der Waals surface area contributed by atoms with Crippen molar-refractivity contribution in [1.82, 2.24) is 21.1 Å². The molecule has 0 fully saturated rings. The maximum atomic E-state index is 11.0. The molecule has 12 heavy (non-hydrogen) atoms. The third-order valence-corrected chi connectivity index (χ3v) is 1.26. The Kier molecular flexibility index (Phi) is 1.55. The van der Waals surface area contributed by atoms with Crippen LogP contribution >= 0.6 is 0 Å². The van der Waals surface area contributed by atoms with Crippen molar-refractivity contribution < 1.29 is 8.91 Å². The van der Waals surface area contributed by atoms with E-state index in [0.717, 1.165) is 5.01 Å². The molecule has 0 radical (unpaired) electrons. The maximum Gasteiger partial charge on any atom is 0.320 e. The molecule has 1 aliphatic heterocycles. The topological polar surface area (TPSA) is 56.4 Å². The molecule has 0 atom stereocenters. The Labute approximate surface area is 75.3 Å². The molecule has 0 aliphatic carbocycles. The standard InChI is InChI=1S/C7H12N4O/c1-8-7(12)10-6-4-3-5-9-11(6)2/h3-5,9H,1-2H3,(H2,8,10,12)/i2D3. The first kappa shape index (κ1) is 5.08. The normalized spacial score (nSPS) is 19.6. The number of allylic oxidation sites excluding steroid dienone is 2. The third kappa shape index (κ3) is 1.91. The Bertz CT molecular complexity index is 310. The van der Waals surface area contributed by atoms with Gasteiger partial charge in [-0.15, -0.1) is 0 Å². The van der Waals surface area contributed by atoms with Gasteiger partial charge in [-0.2, -0.15) is 0 Å². The number of hydrogen-bond acceptors (Lipinski definition) is 3. The lowest BCUT2D eigenvalue weighted by molar-refractivity contribution is 0.237. The van der Waals surface area contributed by atoms with Crippen LogP contribution in [0.4, 0.5) is 4.79 Å². The van der Waals surface area contributed by atoms with E-state index in [1.807, 2.05) is 0 Å². The van der Waals surface area contributed by atoms with Crippen molar-refractivity contribution in [1.29, 1.82) is 0 Å². The molecule has 0 unspecified atom stereocenters. The van der Waals surface area contributed by atoms with Gasteiger partial charge in [-0.1, -0.05) is 0 Å². The Morgan fingerprint density at radius 2 is 2.67 bits per heavy atom. The van der Waals surface area contributed by atoms with E-state index in [1.165, 1.54) is 19.3 Å². The summed E-state index contributed by atoms with van der Waals surface area (Å²) in [6.45, 7) is -2.36. The van der Waals surface area contributed by atoms with E-state index < -0.39 is 13.0 Å². The molecule has 1 rings (SSSR count). The number of carbonyl (C=O) groups excluding carboxylic acids is 1. The summed E-state index contributed by atoms with van der Waals surface area (Å²) < 4.78 is 21.6. The highest BCUT2D eigenvalue weighted by Gasteiger charge is 2.06. The number of nitrogens with one attached hydrogen (secondary N) is 3. The molecule has 0 aromatic carbocycles. The SMILES string of the molecule is [2H]C([2H])([2H])N1NC=CC=C1NC(=O)NC. The second-order valence-corrected chi connectivity index (χ2v) is 2.08. The van der Waals surface area contributed by atoms with E-state index in [1.54, 1.807) is 6.08 Å². The molecular weight excluding hydrogens is 156 g/mol. The average Bonchev–Trinajstić information content (AvgIpc) is 2.17. The minimum absolute atomic E-state index is 0.164. The zero-order chi connectivity index (χ0) is 11.5. The van der Waals surface area contributed by atoms with Gasteiger partial charge < -0.3 is 10.7 Å². The zero-order valence-electron chi connectivity index (χ0n) is 9.59. The van der Waals surface area contributed by atoms with Gasteiger partial charge in [0.05, 0.1) is 0 Å². The summed E-state index contributed by atoms with van der Waals surface area (Å²) >= 11 is 0. The first-order valence-electron chi connectivity index (χ1n) is 4.87. The lowest BCUT2D eigenvalue weighted by Gasteiger charge is -2.24. The van der Waals surface area contributed by atoms with Crippen LogP contribution in [-0.2, 0) is 0 Å². The molecule has 0 saturated heterocycles. The quantitative estimate of drug-likeness (QED) is 0.508. The van der Waals surface area contributed by atoms with Crippen LogP contribution in [0.5, 0.6) is 0 Å². The van der Waals surface area contributed by atoms with Crippen LogP contribution in [0.1, 0.15) is 4.11 Å². The fourth-order valence-corrected chi connectivity index (χ4v) is 0.677. The Morgan fingerprint density at radius 1 is 1.83 bits per heavy atom. The number of carbonyl (C=O) groups is 1. The van der Waals surface area contributed by atoms with Gasteiger partial charge >= 0.3 is 6.03 Å². The van der Waals surface area contributed by atoms with Gasteiger partial charge in [0.25, 0.3) is 0 Å². The minimum Gasteiger partial charge on any atom is -0.341 e. The minimum atomic E-state index is -2.36. The Morgan fingerprint density at radius 3 is 3.33 bits per heavy atom. The molecule has 66 valence electrons. The van der Waals surface area contributed by atoms with E-state index in [-0.39, 0.29) is 5.82 Å². The number of urea groups is 1. The van der Waals surface area contributed by atoms with Crippen molar-refractivity contribution >= 4 is 6.03 Å². The van der Waals surface area contributed by atoms with E-state index in [2.05, 4.69) is 16.1 Å². The molecular formula is C7H12N4O.